The quantitative estimate of drug-likeness (QED) is 0.573. The Balaban J connectivity index is 2.50. The highest BCUT2D eigenvalue weighted by molar-refractivity contribution is 5.77. The van der Waals surface area contributed by atoms with Crippen LogP contribution in [0.25, 0.3) is 4.85 Å². The average molecular weight is 217 g/mol. The first-order valence-corrected chi connectivity index (χ1v) is 5.22. The van der Waals surface area contributed by atoms with Crippen LogP contribution in [0.3, 0.4) is 0 Å². The third-order valence-corrected chi connectivity index (χ3v) is 2.24. The molecule has 0 bridgehead atoms. The molecule has 1 rings (SSSR count). The van der Waals surface area contributed by atoms with E-state index >= 15 is 0 Å². The summed E-state index contributed by atoms with van der Waals surface area (Å²) in [4.78, 5) is 14.8. The highest BCUT2D eigenvalue weighted by Gasteiger charge is 2.28. The van der Waals surface area contributed by atoms with Crippen LogP contribution in [0, 0.1) is 12.5 Å². The zero-order valence-electron chi connectivity index (χ0n) is 9.51. The lowest BCUT2D eigenvalue weighted by Crippen LogP contribution is -2.25. The Kier molecular flexibility index (Phi) is 4.53. The van der Waals surface area contributed by atoms with Crippen molar-refractivity contribution in [3.8, 4) is 0 Å². The van der Waals surface area contributed by atoms with E-state index in [2.05, 4.69) is 4.85 Å². The Morgan fingerprint density at radius 3 is 2.50 bits per heavy atom. The molecule has 0 fully saturated rings. The molecular formula is C13H15NO2. The van der Waals surface area contributed by atoms with Crippen LogP contribution in [-0.4, -0.2) is 12.0 Å². The highest BCUT2D eigenvalue weighted by Crippen LogP contribution is 2.10. The Hall–Kier alpha value is -1.82. The number of esters is 1. The normalized spacial score (nSPS) is 11.9. The van der Waals surface area contributed by atoms with Crippen molar-refractivity contribution >= 4 is 5.97 Å². The summed E-state index contributed by atoms with van der Waals surface area (Å²) in [6.45, 7) is 10.8. The van der Waals surface area contributed by atoms with Crippen LogP contribution in [0.1, 0.15) is 19.4 Å². The molecule has 0 saturated carbocycles. The van der Waals surface area contributed by atoms with Crippen LogP contribution in [0.5, 0.6) is 0 Å². The van der Waals surface area contributed by atoms with E-state index in [1.165, 1.54) is 0 Å². The van der Waals surface area contributed by atoms with Crippen molar-refractivity contribution < 1.29 is 9.53 Å². The predicted molar refractivity (Wildman–Crippen MR) is 61.5 cm³/mol. The van der Waals surface area contributed by atoms with E-state index in [1.807, 2.05) is 44.2 Å². The number of rotatable bonds is 4. The van der Waals surface area contributed by atoms with Crippen LogP contribution in [0.4, 0.5) is 0 Å². The van der Waals surface area contributed by atoms with Crippen molar-refractivity contribution in [2.45, 2.75) is 26.5 Å². The second-order valence-electron chi connectivity index (χ2n) is 3.91. The minimum atomic E-state index is -0.691. The van der Waals surface area contributed by atoms with Crippen LogP contribution >= 0.6 is 0 Å². The first-order chi connectivity index (χ1) is 7.65. The Labute approximate surface area is 95.9 Å². The van der Waals surface area contributed by atoms with Crippen LogP contribution < -0.4 is 0 Å². The van der Waals surface area contributed by atoms with Crippen molar-refractivity contribution in [3.63, 3.8) is 0 Å². The summed E-state index contributed by atoms with van der Waals surface area (Å²) in [5.74, 6) is -0.449. The van der Waals surface area contributed by atoms with Gasteiger partial charge >= 0.3 is 12.0 Å². The standard InChI is InChI=1S/C13H15NO2/c1-10(2)12(14-3)13(15)16-9-11-7-5-4-6-8-11/h4-8,10,12H,9H2,1-2H3/t12-/m0/s1. The first-order valence-electron chi connectivity index (χ1n) is 5.22. The van der Waals surface area contributed by atoms with Gasteiger partial charge in [0.05, 0.1) is 0 Å². The number of carbonyl (C=O) groups is 1. The van der Waals surface area contributed by atoms with Gasteiger partial charge in [0.2, 0.25) is 0 Å². The summed E-state index contributed by atoms with van der Waals surface area (Å²) in [6.07, 6.45) is 0. The molecule has 0 radical (unpaired) electrons. The summed E-state index contributed by atoms with van der Waals surface area (Å²) >= 11 is 0. The highest BCUT2D eigenvalue weighted by atomic mass is 16.5. The van der Waals surface area contributed by atoms with E-state index < -0.39 is 12.0 Å². The van der Waals surface area contributed by atoms with E-state index in [0.717, 1.165) is 5.56 Å². The van der Waals surface area contributed by atoms with Gasteiger partial charge in [0.25, 0.3) is 0 Å². The molecule has 3 nitrogen and oxygen atoms in total. The van der Waals surface area contributed by atoms with Gasteiger partial charge in [-0.2, -0.15) is 0 Å². The summed E-state index contributed by atoms with van der Waals surface area (Å²) in [5, 5.41) is 0. The zero-order chi connectivity index (χ0) is 12.0. The maximum absolute atomic E-state index is 11.6. The number of ether oxygens (including phenoxy) is 1. The number of hydrogen-bond donors (Lipinski definition) is 0. The average Bonchev–Trinajstić information content (AvgIpc) is 2.28. The van der Waals surface area contributed by atoms with E-state index in [4.69, 9.17) is 11.3 Å². The van der Waals surface area contributed by atoms with Gasteiger partial charge in [0.15, 0.2) is 0 Å². The molecule has 0 N–H and O–H groups in total. The predicted octanol–water partition coefficient (Wildman–Crippen LogP) is 2.67. The van der Waals surface area contributed by atoms with Gasteiger partial charge in [-0.05, 0) is 5.56 Å². The molecule has 1 atom stereocenters. The summed E-state index contributed by atoms with van der Waals surface area (Å²) in [5.41, 5.74) is 0.934. The van der Waals surface area contributed by atoms with Crippen molar-refractivity contribution in [2.24, 2.45) is 5.92 Å². The maximum atomic E-state index is 11.6. The van der Waals surface area contributed by atoms with Gasteiger partial charge in [-0.3, -0.25) is 0 Å². The number of nitrogens with zero attached hydrogens (tertiary/aromatic N) is 1. The molecule has 1 aromatic carbocycles. The lowest BCUT2D eigenvalue weighted by Gasteiger charge is -2.09. The van der Waals surface area contributed by atoms with Crippen molar-refractivity contribution in [3.05, 3.63) is 47.3 Å². The first kappa shape index (κ1) is 12.3. The molecule has 0 aliphatic heterocycles. The van der Waals surface area contributed by atoms with Gasteiger partial charge in [0, 0.05) is 5.92 Å². The molecular weight excluding hydrogens is 202 g/mol. The van der Waals surface area contributed by atoms with Gasteiger partial charge in [-0.25, -0.2) is 11.4 Å². The van der Waals surface area contributed by atoms with Gasteiger partial charge in [-0.15, -0.1) is 0 Å². The topological polar surface area (TPSA) is 30.7 Å². The fourth-order valence-electron chi connectivity index (χ4n) is 1.29. The summed E-state index contributed by atoms with van der Waals surface area (Å²) in [6, 6.07) is 8.76. The molecule has 0 heterocycles. The second kappa shape index (κ2) is 5.92. The van der Waals surface area contributed by atoms with Gasteiger partial charge in [-0.1, -0.05) is 44.2 Å². The Bertz CT molecular complexity index is 379. The van der Waals surface area contributed by atoms with Crippen molar-refractivity contribution in [1.29, 1.82) is 0 Å². The van der Waals surface area contributed by atoms with Crippen molar-refractivity contribution in [2.75, 3.05) is 0 Å². The molecule has 0 spiro atoms. The number of hydrogen-bond acceptors (Lipinski definition) is 2. The third-order valence-electron chi connectivity index (χ3n) is 2.24. The molecule has 0 aliphatic carbocycles. The molecule has 84 valence electrons. The van der Waals surface area contributed by atoms with E-state index in [1.54, 1.807) is 0 Å². The minimum Gasteiger partial charge on any atom is -0.455 e. The monoisotopic (exact) mass is 217 g/mol. The SMILES string of the molecule is [C-]#[N+][C@H](C(=O)OCc1ccccc1)C(C)C. The number of carbonyl (C=O) groups excluding carboxylic acids is 1. The number of benzene rings is 1. The van der Waals surface area contributed by atoms with E-state index in [9.17, 15) is 4.79 Å². The summed E-state index contributed by atoms with van der Waals surface area (Å²) in [7, 11) is 0. The molecule has 0 saturated heterocycles. The molecule has 0 unspecified atom stereocenters. The lowest BCUT2D eigenvalue weighted by atomic mass is 10.1. The second-order valence-corrected chi connectivity index (χ2v) is 3.91. The molecule has 16 heavy (non-hydrogen) atoms. The largest absolute Gasteiger partial charge is 0.455 e. The fourth-order valence-corrected chi connectivity index (χ4v) is 1.29. The fraction of sp³-hybridized carbons (Fsp3) is 0.385. The van der Waals surface area contributed by atoms with Crippen molar-refractivity contribution in [1.82, 2.24) is 0 Å². The van der Waals surface area contributed by atoms with Gasteiger partial charge in [0.1, 0.15) is 6.61 Å². The van der Waals surface area contributed by atoms with Crippen LogP contribution in [0.2, 0.25) is 0 Å². The molecule has 0 aromatic heterocycles. The van der Waals surface area contributed by atoms with Gasteiger partial charge < -0.3 is 9.58 Å². The molecule has 0 aliphatic rings. The smallest absolute Gasteiger partial charge is 0.390 e. The lowest BCUT2D eigenvalue weighted by molar-refractivity contribution is -0.146. The third kappa shape index (κ3) is 3.39. The molecule has 0 amide bonds. The molecule has 3 heteroatoms. The van der Waals surface area contributed by atoms with Crippen LogP contribution in [-0.2, 0) is 16.1 Å². The Morgan fingerprint density at radius 1 is 1.38 bits per heavy atom. The Morgan fingerprint density at radius 2 is 2.00 bits per heavy atom. The van der Waals surface area contributed by atoms with E-state index in [0.29, 0.717) is 0 Å². The van der Waals surface area contributed by atoms with E-state index in [-0.39, 0.29) is 12.5 Å². The molecule has 1 aromatic rings. The zero-order valence-corrected chi connectivity index (χ0v) is 9.51. The minimum absolute atomic E-state index is 0.0132. The van der Waals surface area contributed by atoms with Crippen LogP contribution in [0.15, 0.2) is 30.3 Å². The maximum Gasteiger partial charge on any atom is 0.390 e. The summed E-state index contributed by atoms with van der Waals surface area (Å²) < 4.78 is 5.09.